The van der Waals surface area contributed by atoms with Crippen LogP contribution in [0.3, 0.4) is 0 Å². The lowest BCUT2D eigenvalue weighted by atomic mass is 10.0. The van der Waals surface area contributed by atoms with Gasteiger partial charge in [-0.2, -0.15) is 0 Å². The summed E-state index contributed by atoms with van der Waals surface area (Å²) < 4.78 is 10.7. The Morgan fingerprint density at radius 2 is 0.465 bits per heavy atom. The predicted octanol–water partition coefficient (Wildman–Crippen LogP) is 25.2. The Bertz CT molecular complexity index is 1870. The van der Waals surface area contributed by atoms with Gasteiger partial charge < -0.3 is 14.6 Å². The fourth-order valence-corrected chi connectivity index (χ4v) is 9.75. The molecule has 0 rings (SSSR count). The summed E-state index contributed by atoms with van der Waals surface area (Å²) in [7, 11) is 0. The van der Waals surface area contributed by atoms with Crippen molar-refractivity contribution in [3.8, 4) is 0 Å². The summed E-state index contributed by atoms with van der Waals surface area (Å²) >= 11 is 0. The van der Waals surface area contributed by atoms with E-state index in [2.05, 4.69) is 184 Å². The zero-order chi connectivity index (χ0) is 61.9. The lowest BCUT2D eigenvalue weighted by Crippen LogP contribution is -2.28. The lowest BCUT2D eigenvalue weighted by Gasteiger charge is -2.15. The van der Waals surface area contributed by atoms with Crippen molar-refractivity contribution in [1.29, 1.82) is 0 Å². The van der Waals surface area contributed by atoms with E-state index in [0.717, 1.165) is 135 Å². The molecular weight excluding hydrogens is 1050 g/mol. The van der Waals surface area contributed by atoms with E-state index in [0.29, 0.717) is 12.8 Å². The van der Waals surface area contributed by atoms with Gasteiger partial charge in [-0.1, -0.05) is 338 Å². The highest BCUT2D eigenvalue weighted by atomic mass is 16.6. The molecule has 0 aromatic heterocycles. The maximum absolute atomic E-state index is 12.3. The highest BCUT2D eigenvalue weighted by Crippen LogP contribution is 2.17. The zero-order valence-corrected chi connectivity index (χ0v) is 55.8. The Hall–Kier alpha value is -4.74. The lowest BCUT2D eigenvalue weighted by molar-refractivity contribution is -0.161. The number of carbonyl (C=O) groups excluding carboxylic acids is 2. The van der Waals surface area contributed by atoms with Crippen LogP contribution in [0.15, 0.2) is 170 Å². The molecule has 0 fully saturated rings. The van der Waals surface area contributed by atoms with Crippen LogP contribution in [0, 0.1) is 0 Å². The van der Waals surface area contributed by atoms with Gasteiger partial charge in [0.1, 0.15) is 6.61 Å². The van der Waals surface area contributed by atoms with Crippen LogP contribution in [0.5, 0.6) is 0 Å². The molecule has 86 heavy (non-hydrogen) atoms. The normalized spacial score (nSPS) is 13.3. The van der Waals surface area contributed by atoms with Gasteiger partial charge in [0.25, 0.3) is 0 Å². The minimum atomic E-state index is -0.802. The number of esters is 2. The quantitative estimate of drug-likeness (QED) is 0.0373. The molecule has 0 radical (unpaired) electrons. The number of ether oxygens (including phenoxy) is 2. The molecule has 0 heterocycles. The van der Waals surface area contributed by atoms with Gasteiger partial charge in [-0.3, -0.25) is 9.59 Å². The Morgan fingerprint density at radius 1 is 0.267 bits per heavy atom. The topological polar surface area (TPSA) is 72.8 Å². The van der Waals surface area contributed by atoms with Crippen molar-refractivity contribution in [2.75, 3.05) is 13.2 Å². The molecule has 0 saturated carbocycles. The second-order valence-corrected chi connectivity index (χ2v) is 23.2. The van der Waals surface area contributed by atoms with Crippen LogP contribution in [0.4, 0.5) is 0 Å². The SMILES string of the molecule is CC/C=C\C/C=C\C/C=C\C/C=C\C/C=C\C/C=C\C/C=C\C/C=C\C/C=C\CCCCCC(=O)OC(CO)COC(=O)CCCCCCCCCCCCCCCCCCCCCCCCCCC/C=C\C/C=C\C/C=C\C/C=C\C/C=C\CC. The maximum Gasteiger partial charge on any atom is 0.306 e. The van der Waals surface area contributed by atoms with Crippen molar-refractivity contribution in [2.24, 2.45) is 0 Å². The molecule has 0 aromatic carbocycles. The number of aliphatic hydroxyl groups is 1. The number of rotatable bonds is 64. The van der Waals surface area contributed by atoms with Crippen LogP contribution in [0.25, 0.3) is 0 Å². The molecule has 0 aliphatic rings. The summed E-state index contributed by atoms with van der Waals surface area (Å²) in [6.07, 6.45) is 115. The van der Waals surface area contributed by atoms with Crippen LogP contribution < -0.4 is 0 Å². The first kappa shape index (κ1) is 81.3. The monoisotopic (exact) mass is 1190 g/mol. The van der Waals surface area contributed by atoms with Gasteiger partial charge in [0.2, 0.25) is 0 Å². The number of carbonyl (C=O) groups is 2. The average molecular weight is 1190 g/mol. The molecule has 486 valence electrons. The second-order valence-electron chi connectivity index (χ2n) is 23.2. The van der Waals surface area contributed by atoms with Crippen molar-refractivity contribution >= 4 is 11.9 Å². The number of hydrogen-bond acceptors (Lipinski definition) is 5. The Balaban J connectivity index is 3.52. The molecule has 0 amide bonds. The Kier molecular flexibility index (Phi) is 70.4. The number of allylic oxidation sites excluding steroid dienone is 28. The highest BCUT2D eigenvalue weighted by molar-refractivity contribution is 5.70. The van der Waals surface area contributed by atoms with Crippen molar-refractivity contribution in [2.45, 2.75) is 315 Å². The van der Waals surface area contributed by atoms with Crippen molar-refractivity contribution < 1.29 is 24.2 Å². The molecule has 0 spiro atoms. The third kappa shape index (κ3) is 71.7. The van der Waals surface area contributed by atoms with Crippen LogP contribution >= 0.6 is 0 Å². The largest absolute Gasteiger partial charge is 0.462 e. The minimum absolute atomic E-state index is 0.0864. The first-order chi connectivity index (χ1) is 42.6. The summed E-state index contributed by atoms with van der Waals surface area (Å²) in [6.45, 7) is 3.90. The molecule has 5 nitrogen and oxygen atoms in total. The first-order valence-electron chi connectivity index (χ1n) is 35.7. The molecule has 0 aliphatic heterocycles. The van der Waals surface area contributed by atoms with Crippen molar-refractivity contribution in [3.63, 3.8) is 0 Å². The summed E-state index contributed by atoms with van der Waals surface area (Å²) in [6, 6.07) is 0. The molecular formula is C81H132O5. The standard InChI is InChI=1S/C81H132O5/c1-3-5-7-9-11-13-15-17-19-21-23-25-27-29-31-33-35-36-37-38-39-40-41-42-43-44-46-47-49-51-53-55-57-59-61-63-65-67-69-71-73-75-80(83)85-78-79(77-82)86-81(84)76-74-72-70-68-66-64-62-60-58-56-54-52-50-48-45-34-32-30-28-26-24-22-20-18-16-14-12-10-8-6-4-2/h5-8,11-14,17-20,23-26,29-32,45,48,52,54,58,60,64,66,79,82H,3-4,9-10,15-16,21-22,27-28,33-44,46-47,49-51,53,55-57,59,61-63,65,67-78H2,1-2H3/b7-5-,8-6-,13-11-,14-12-,19-17-,20-18-,25-23-,26-24-,31-29-,32-30-,48-45-,54-52-,60-58-,66-64-. The van der Waals surface area contributed by atoms with E-state index in [9.17, 15) is 14.7 Å². The van der Waals surface area contributed by atoms with Crippen molar-refractivity contribution in [1.82, 2.24) is 0 Å². The third-order valence-electron chi connectivity index (χ3n) is 15.0. The van der Waals surface area contributed by atoms with E-state index in [1.165, 1.54) is 148 Å². The summed E-state index contributed by atoms with van der Waals surface area (Å²) in [4.78, 5) is 24.6. The second kappa shape index (κ2) is 74.5. The van der Waals surface area contributed by atoms with E-state index in [-0.39, 0.29) is 25.2 Å². The van der Waals surface area contributed by atoms with Crippen LogP contribution in [-0.4, -0.2) is 36.4 Å². The van der Waals surface area contributed by atoms with Crippen LogP contribution in [-0.2, 0) is 19.1 Å². The smallest absolute Gasteiger partial charge is 0.306 e. The zero-order valence-electron chi connectivity index (χ0n) is 55.8. The molecule has 0 aliphatic carbocycles. The molecule has 0 aromatic rings. The van der Waals surface area contributed by atoms with Crippen LogP contribution in [0.1, 0.15) is 309 Å². The molecule has 0 bridgehead atoms. The first-order valence-corrected chi connectivity index (χ1v) is 35.7. The van der Waals surface area contributed by atoms with Gasteiger partial charge in [0.15, 0.2) is 6.10 Å². The predicted molar refractivity (Wildman–Crippen MR) is 380 cm³/mol. The molecule has 0 saturated heterocycles. The number of aliphatic hydroxyl groups excluding tert-OH is 1. The van der Waals surface area contributed by atoms with Gasteiger partial charge in [-0.15, -0.1) is 0 Å². The maximum atomic E-state index is 12.3. The summed E-state index contributed by atoms with van der Waals surface area (Å²) in [5.74, 6) is -0.629. The molecule has 5 heteroatoms. The van der Waals surface area contributed by atoms with Crippen molar-refractivity contribution in [3.05, 3.63) is 170 Å². The minimum Gasteiger partial charge on any atom is -0.462 e. The Morgan fingerprint density at radius 3 is 0.709 bits per heavy atom. The average Bonchev–Trinajstić information content (AvgIpc) is 3.55. The summed E-state index contributed by atoms with van der Waals surface area (Å²) in [5.41, 5.74) is 0. The number of unbranched alkanes of at least 4 members (excludes halogenated alkanes) is 28. The highest BCUT2D eigenvalue weighted by Gasteiger charge is 2.16. The van der Waals surface area contributed by atoms with E-state index in [1.807, 2.05) is 0 Å². The molecule has 1 N–H and O–H groups in total. The van der Waals surface area contributed by atoms with E-state index < -0.39 is 6.10 Å². The van der Waals surface area contributed by atoms with E-state index in [1.54, 1.807) is 0 Å². The van der Waals surface area contributed by atoms with Gasteiger partial charge in [-0.25, -0.2) is 0 Å². The molecule has 1 atom stereocenters. The summed E-state index contributed by atoms with van der Waals surface area (Å²) in [5, 5.41) is 9.70. The fraction of sp³-hybridized carbons (Fsp3) is 0.630. The Labute approximate surface area is 532 Å². The third-order valence-corrected chi connectivity index (χ3v) is 15.0. The number of hydrogen-bond donors (Lipinski definition) is 1. The van der Waals surface area contributed by atoms with Gasteiger partial charge in [0.05, 0.1) is 6.61 Å². The van der Waals surface area contributed by atoms with Crippen LogP contribution in [0.2, 0.25) is 0 Å². The van der Waals surface area contributed by atoms with Gasteiger partial charge in [-0.05, 0) is 128 Å². The molecule has 1 unspecified atom stereocenters. The fourth-order valence-electron chi connectivity index (χ4n) is 9.75. The van der Waals surface area contributed by atoms with Gasteiger partial charge in [0, 0.05) is 12.8 Å². The van der Waals surface area contributed by atoms with E-state index >= 15 is 0 Å². The van der Waals surface area contributed by atoms with Gasteiger partial charge >= 0.3 is 11.9 Å². The van der Waals surface area contributed by atoms with E-state index in [4.69, 9.17) is 9.47 Å².